The number of hydrogen-bond acceptors (Lipinski definition) is 4. The number of anilines is 2. The molecule has 0 fully saturated rings. The zero-order valence-electron chi connectivity index (χ0n) is 12.5. The van der Waals surface area contributed by atoms with Gasteiger partial charge in [-0.25, -0.2) is 0 Å². The molecular formula is C14H21ClN4O2. The largest absolute Gasteiger partial charge is 0.397 e. The van der Waals surface area contributed by atoms with Gasteiger partial charge in [0.05, 0.1) is 23.8 Å². The van der Waals surface area contributed by atoms with E-state index >= 15 is 0 Å². The summed E-state index contributed by atoms with van der Waals surface area (Å²) >= 11 is 5.82. The van der Waals surface area contributed by atoms with Crippen LogP contribution >= 0.6 is 11.6 Å². The number of nitrogens with zero attached hydrogens (tertiary/aromatic N) is 2. The highest BCUT2D eigenvalue weighted by molar-refractivity contribution is 6.33. The maximum atomic E-state index is 12.0. The van der Waals surface area contributed by atoms with Gasteiger partial charge in [0.25, 0.3) is 0 Å². The number of nitrogen functional groups attached to an aromatic ring is 1. The highest BCUT2D eigenvalue weighted by Crippen LogP contribution is 2.22. The van der Waals surface area contributed by atoms with E-state index in [4.69, 9.17) is 17.3 Å². The van der Waals surface area contributed by atoms with Crippen molar-refractivity contribution < 1.29 is 9.59 Å². The molecule has 0 saturated carbocycles. The maximum Gasteiger partial charge on any atom is 0.238 e. The molecule has 0 bridgehead atoms. The van der Waals surface area contributed by atoms with Crippen LogP contribution < -0.4 is 11.1 Å². The number of benzene rings is 1. The van der Waals surface area contributed by atoms with Gasteiger partial charge in [-0.1, -0.05) is 18.5 Å². The van der Waals surface area contributed by atoms with Gasteiger partial charge in [0.15, 0.2) is 0 Å². The Labute approximate surface area is 129 Å². The van der Waals surface area contributed by atoms with Gasteiger partial charge < -0.3 is 16.0 Å². The fraction of sp³-hybridized carbons (Fsp3) is 0.429. The van der Waals surface area contributed by atoms with E-state index in [1.807, 2.05) is 6.92 Å². The van der Waals surface area contributed by atoms with Crippen LogP contribution in [0.2, 0.25) is 5.02 Å². The topological polar surface area (TPSA) is 78.7 Å². The number of hydrogen-bond donors (Lipinski definition) is 2. The van der Waals surface area contributed by atoms with Crippen LogP contribution in [0, 0.1) is 0 Å². The van der Waals surface area contributed by atoms with Crippen molar-refractivity contribution in [3.8, 4) is 0 Å². The quantitative estimate of drug-likeness (QED) is 0.775. The number of halogens is 1. The Morgan fingerprint density at radius 1 is 1.29 bits per heavy atom. The van der Waals surface area contributed by atoms with Crippen LogP contribution in [0.25, 0.3) is 0 Å². The number of carbonyl (C=O) groups is 2. The lowest BCUT2D eigenvalue weighted by Crippen LogP contribution is -2.40. The molecule has 0 radical (unpaired) electrons. The minimum absolute atomic E-state index is 0.0413. The average Bonchev–Trinajstić information content (AvgIpc) is 2.41. The number of carbonyl (C=O) groups excluding carboxylic acids is 2. The van der Waals surface area contributed by atoms with Crippen LogP contribution in [-0.4, -0.2) is 55.3 Å². The molecule has 116 valence electrons. The number of rotatable bonds is 6. The summed E-state index contributed by atoms with van der Waals surface area (Å²) in [5, 5.41) is 3.18. The Morgan fingerprint density at radius 3 is 2.48 bits per heavy atom. The van der Waals surface area contributed by atoms with Crippen molar-refractivity contribution in [3.63, 3.8) is 0 Å². The summed E-state index contributed by atoms with van der Waals surface area (Å²) in [7, 11) is 3.37. The molecular weight excluding hydrogens is 292 g/mol. The van der Waals surface area contributed by atoms with Gasteiger partial charge in [-0.3, -0.25) is 14.5 Å². The third kappa shape index (κ3) is 5.61. The van der Waals surface area contributed by atoms with E-state index in [9.17, 15) is 9.59 Å². The number of amides is 2. The lowest BCUT2D eigenvalue weighted by Gasteiger charge is -2.21. The average molecular weight is 313 g/mol. The monoisotopic (exact) mass is 312 g/mol. The van der Waals surface area contributed by atoms with E-state index in [2.05, 4.69) is 5.32 Å². The molecule has 3 N–H and O–H groups in total. The smallest absolute Gasteiger partial charge is 0.238 e. The molecule has 0 saturated heterocycles. The lowest BCUT2D eigenvalue weighted by molar-refractivity contribution is -0.130. The van der Waals surface area contributed by atoms with Crippen LogP contribution in [0.3, 0.4) is 0 Å². The minimum Gasteiger partial charge on any atom is -0.397 e. The maximum absolute atomic E-state index is 12.0. The molecule has 0 atom stereocenters. The van der Waals surface area contributed by atoms with E-state index in [1.54, 1.807) is 37.2 Å². The summed E-state index contributed by atoms with van der Waals surface area (Å²) in [5.74, 6) is -0.245. The zero-order chi connectivity index (χ0) is 16.0. The Bertz CT molecular complexity index is 520. The summed E-state index contributed by atoms with van der Waals surface area (Å²) in [6.07, 6.45) is 0. The standard InChI is InChI=1S/C14H21ClN4O2/c1-4-19(9-14(21)18(2)3)8-13(20)17-10-5-6-11(15)12(16)7-10/h5-7H,4,8-9,16H2,1-3H3,(H,17,20). The second-order valence-electron chi connectivity index (χ2n) is 4.88. The fourth-order valence-corrected chi connectivity index (χ4v) is 1.75. The molecule has 0 aliphatic carbocycles. The molecule has 1 rings (SSSR count). The Balaban J connectivity index is 2.58. The van der Waals surface area contributed by atoms with Crippen molar-refractivity contribution in [3.05, 3.63) is 23.2 Å². The van der Waals surface area contributed by atoms with Crippen molar-refractivity contribution in [2.24, 2.45) is 0 Å². The Hall–Kier alpha value is -1.79. The highest BCUT2D eigenvalue weighted by atomic mass is 35.5. The molecule has 1 aromatic rings. The van der Waals surface area contributed by atoms with Gasteiger partial charge in [-0.2, -0.15) is 0 Å². The SMILES string of the molecule is CCN(CC(=O)Nc1ccc(Cl)c(N)c1)CC(=O)N(C)C. The normalized spacial score (nSPS) is 10.5. The first kappa shape index (κ1) is 17.3. The van der Waals surface area contributed by atoms with Crippen LogP contribution in [-0.2, 0) is 9.59 Å². The first-order valence-electron chi connectivity index (χ1n) is 6.60. The van der Waals surface area contributed by atoms with Crippen molar-refractivity contribution in [1.29, 1.82) is 0 Å². The van der Waals surface area contributed by atoms with E-state index in [0.29, 0.717) is 22.9 Å². The van der Waals surface area contributed by atoms with Gasteiger partial charge in [-0.15, -0.1) is 0 Å². The van der Waals surface area contributed by atoms with Gasteiger partial charge in [0.2, 0.25) is 11.8 Å². The zero-order valence-corrected chi connectivity index (χ0v) is 13.3. The number of likely N-dealkylation sites (N-methyl/N-ethyl adjacent to an activating group) is 2. The molecule has 0 aliphatic heterocycles. The molecule has 0 spiro atoms. The highest BCUT2D eigenvalue weighted by Gasteiger charge is 2.14. The summed E-state index contributed by atoms with van der Waals surface area (Å²) in [6, 6.07) is 4.90. The van der Waals surface area contributed by atoms with Gasteiger partial charge in [-0.05, 0) is 24.7 Å². The molecule has 0 aliphatic rings. The lowest BCUT2D eigenvalue weighted by atomic mass is 10.3. The number of nitrogens with two attached hydrogens (primary N) is 1. The van der Waals surface area contributed by atoms with Crippen LogP contribution in [0.4, 0.5) is 11.4 Å². The third-order valence-corrected chi connectivity index (χ3v) is 3.30. The summed E-state index contributed by atoms with van der Waals surface area (Å²) in [4.78, 5) is 26.9. The van der Waals surface area contributed by atoms with Crippen LogP contribution in [0.5, 0.6) is 0 Å². The second kappa shape index (κ2) is 7.85. The predicted octanol–water partition coefficient (Wildman–Crippen LogP) is 1.27. The summed E-state index contributed by atoms with van der Waals surface area (Å²) in [6.45, 7) is 2.85. The second-order valence-corrected chi connectivity index (χ2v) is 5.28. The molecule has 6 nitrogen and oxygen atoms in total. The Kier molecular flexibility index (Phi) is 6.45. The van der Waals surface area contributed by atoms with E-state index < -0.39 is 0 Å². The van der Waals surface area contributed by atoms with Crippen molar-refractivity contribution in [1.82, 2.24) is 9.80 Å². The first-order chi connectivity index (χ1) is 9.83. The van der Waals surface area contributed by atoms with E-state index in [0.717, 1.165) is 0 Å². The van der Waals surface area contributed by atoms with E-state index in [1.165, 1.54) is 4.90 Å². The molecule has 0 aromatic heterocycles. The van der Waals surface area contributed by atoms with Crippen LogP contribution in [0.15, 0.2) is 18.2 Å². The molecule has 7 heteroatoms. The Morgan fingerprint density at radius 2 is 1.95 bits per heavy atom. The number of nitrogens with one attached hydrogen (secondary N) is 1. The summed E-state index contributed by atoms with van der Waals surface area (Å²) < 4.78 is 0. The van der Waals surface area contributed by atoms with Gasteiger partial charge in [0, 0.05) is 19.8 Å². The molecule has 0 heterocycles. The summed E-state index contributed by atoms with van der Waals surface area (Å²) in [5.41, 5.74) is 6.67. The minimum atomic E-state index is -0.204. The molecule has 2 amide bonds. The third-order valence-electron chi connectivity index (χ3n) is 2.95. The van der Waals surface area contributed by atoms with Crippen LogP contribution in [0.1, 0.15) is 6.92 Å². The molecule has 21 heavy (non-hydrogen) atoms. The van der Waals surface area contributed by atoms with Gasteiger partial charge in [0.1, 0.15) is 0 Å². The molecule has 0 unspecified atom stereocenters. The van der Waals surface area contributed by atoms with Gasteiger partial charge >= 0.3 is 0 Å². The fourth-order valence-electron chi connectivity index (χ4n) is 1.64. The van der Waals surface area contributed by atoms with Crippen molar-refractivity contribution >= 4 is 34.8 Å². The van der Waals surface area contributed by atoms with Crippen molar-refractivity contribution in [2.75, 3.05) is 44.8 Å². The predicted molar refractivity (Wildman–Crippen MR) is 85.3 cm³/mol. The molecule has 1 aromatic carbocycles. The van der Waals surface area contributed by atoms with Crippen molar-refractivity contribution in [2.45, 2.75) is 6.92 Å². The van der Waals surface area contributed by atoms with E-state index in [-0.39, 0.29) is 24.9 Å². The first-order valence-corrected chi connectivity index (χ1v) is 6.98.